The molecule has 0 aromatic carbocycles. The Morgan fingerprint density at radius 3 is 2.67 bits per heavy atom. The Balaban J connectivity index is 2.36. The molecule has 0 amide bonds. The quantitative estimate of drug-likeness (QED) is 0.649. The van der Waals surface area contributed by atoms with Crippen LogP contribution in [0.3, 0.4) is 0 Å². The van der Waals surface area contributed by atoms with E-state index in [1.54, 1.807) is 0 Å². The third-order valence-corrected chi connectivity index (χ3v) is 2.40. The molecule has 1 aromatic rings. The highest BCUT2D eigenvalue weighted by atomic mass is 15.5. The van der Waals surface area contributed by atoms with Gasteiger partial charge in [-0.25, -0.2) is 4.68 Å². The average Bonchev–Trinajstić information content (AvgIpc) is 2.59. The summed E-state index contributed by atoms with van der Waals surface area (Å²) in [5.74, 6) is 1.64. The van der Waals surface area contributed by atoms with E-state index in [9.17, 15) is 0 Å². The maximum atomic E-state index is 4.07. The fourth-order valence-electron chi connectivity index (χ4n) is 1.60. The molecule has 0 spiro atoms. The molecule has 0 radical (unpaired) electrons. The zero-order valence-electron chi connectivity index (χ0n) is 10.1. The van der Waals surface area contributed by atoms with Gasteiger partial charge in [-0.15, -0.1) is 5.10 Å². The molecular formula is C11H22N4. The van der Waals surface area contributed by atoms with E-state index in [0.717, 1.165) is 18.8 Å². The predicted octanol–water partition coefficient (Wildman–Crippen LogP) is 2.45. The number of rotatable bonds is 7. The first-order chi connectivity index (χ1) is 7.24. The summed E-state index contributed by atoms with van der Waals surface area (Å²) in [6.45, 7) is 7.52. The molecule has 0 fully saturated rings. The fourth-order valence-corrected chi connectivity index (χ4v) is 1.60. The molecule has 0 aliphatic rings. The molecule has 0 saturated carbocycles. The van der Waals surface area contributed by atoms with Crippen LogP contribution in [0.1, 0.15) is 52.3 Å². The van der Waals surface area contributed by atoms with Crippen molar-refractivity contribution in [3.8, 4) is 0 Å². The topological polar surface area (TPSA) is 43.6 Å². The van der Waals surface area contributed by atoms with Gasteiger partial charge in [-0.05, 0) is 22.8 Å². The normalized spacial score (nSPS) is 11.2. The summed E-state index contributed by atoms with van der Waals surface area (Å²) in [6.07, 6.45) is 6.08. The van der Waals surface area contributed by atoms with Crippen molar-refractivity contribution in [1.82, 2.24) is 20.2 Å². The van der Waals surface area contributed by atoms with Crippen molar-refractivity contribution in [3.63, 3.8) is 0 Å². The lowest BCUT2D eigenvalue weighted by Gasteiger charge is -2.06. The molecule has 1 rings (SSSR count). The number of hydrogen-bond acceptors (Lipinski definition) is 3. The second-order valence-corrected chi connectivity index (χ2v) is 4.48. The van der Waals surface area contributed by atoms with E-state index in [1.807, 2.05) is 4.68 Å². The molecule has 0 bridgehead atoms. The van der Waals surface area contributed by atoms with Crippen LogP contribution in [-0.4, -0.2) is 20.2 Å². The second kappa shape index (κ2) is 6.53. The minimum atomic E-state index is 0.600. The Kier molecular flexibility index (Phi) is 5.29. The van der Waals surface area contributed by atoms with Gasteiger partial charge in [-0.2, -0.15) is 0 Å². The molecule has 0 aliphatic heterocycles. The maximum absolute atomic E-state index is 4.07. The van der Waals surface area contributed by atoms with Crippen LogP contribution in [0.4, 0.5) is 0 Å². The van der Waals surface area contributed by atoms with E-state index in [4.69, 9.17) is 0 Å². The van der Waals surface area contributed by atoms with E-state index in [-0.39, 0.29) is 0 Å². The van der Waals surface area contributed by atoms with Gasteiger partial charge in [-0.1, -0.05) is 40.0 Å². The molecule has 1 heterocycles. The molecule has 4 heteroatoms. The number of unbranched alkanes of at least 4 members (excludes halogenated alkanes) is 3. The SMILES string of the molecule is CCCCCCc1nnnn1CC(C)C. The van der Waals surface area contributed by atoms with E-state index in [2.05, 4.69) is 36.3 Å². The third kappa shape index (κ3) is 4.40. The highest BCUT2D eigenvalue weighted by molar-refractivity contribution is 4.80. The van der Waals surface area contributed by atoms with Gasteiger partial charge < -0.3 is 0 Å². The largest absolute Gasteiger partial charge is 0.229 e. The van der Waals surface area contributed by atoms with Crippen molar-refractivity contribution < 1.29 is 0 Å². The average molecular weight is 210 g/mol. The summed E-state index contributed by atoms with van der Waals surface area (Å²) >= 11 is 0. The molecule has 1 aromatic heterocycles. The Hall–Kier alpha value is -0.930. The van der Waals surface area contributed by atoms with Crippen LogP contribution in [0, 0.1) is 5.92 Å². The first-order valence-electron chi connectivity index (χ1n) is 5.99. The van der Waals surface area contributed by atoms with E-state index >= 15 is 0 Å². The zero-order chi connectivity index (χ0) is 11.1. The van der Waals surface area contributed by atoms with E-state index in [0.29, 0.717) is 5.92 Å². The first kappa shape index (κ1) is 12.1. The Morgan fingerprint density at radius 1 is 1.20 bits per heavy atom. The van der Waals surface area contributed by atoms with Gasteiger partial charge in [0.2, 0.25) is 0 Å². The summed E-state index contributed by atoms with van der Waals surface area (Å²) in [5.41, 5.74) is 0. The minimum Gasteiger partial charge on any atom is -0.229 e. The minimum absolute atomic E-state index is 0.600. The molecule has 15 heavy (non-hydrogen) atoms. The van der Waals surface area contributed by atoms with Crippen LogP contribution >= 0.6 is 0 Å². The highest BCUT2D eigenvalue weighted by Gasteiger charge is 2.06. The van der Waals surface area contributed by atoms with Crippen molar-refractivity contribution in [2.45, 2.75) is 59.4 Å². The van der Waals surface area contributed by atoms with Gasteiger partial charge in [0.05, 0.1) is 0 Å². The summed E-state index contributed by atoms with van der Waals surface area (Å²) in [4.78, 5) is 0. The van der Waals surface area contributed by atoms with Crippen LogP contribution < -0.4 is 0 Å². The van der Waals surface area contributed by atoms with Gasteiger partial charge in [0.1, 0.15) is 0 Å². The Bertz CT molecular complexity index is 267. The van der Waals surface area contributed by atoms with Crippen molar-refractivity contribution in [2.75, 3.05) is 0 Å². The molecule has 0 unspecified atom stereocenters. The molecule has 0 aliphatic carbocycles. The first-order valence-corrected chi connectivity index (χ1v) is 5.99. The number of tetrazole rings is 1. The summed E-state index contributed by atoms with van der Waals surface area (Å²) in [7, 11) is 0. The van der Waals surface area contributed by atoms with Gasteiger partial charge in [0, 0.05) is 13.0 Å². The van der Waals surface area contributed by atoms with Crippen molar-refractivity contribution in [3.05, 3.63) is 5.82 Å². The zero-order valence-corrected chi connectivity index (χ0v) is 10.1. The smallest absolute Gasteiger partial charge is 0.151 e. The third-order valence-electron chi connectivity index (χ3n) is 2.40. The molecule has 0 atom stereocenters. The number of nitrogens with zero attached hydrogens (tertiary/aromatic N) is 4. The van der Waals surface area contributed by atoms with Crippen LogP contribution in [-0.2, 0) is 13.0 Å². The second-order valence-electron chi connectivity index (χ2n) is 4.48. The summed E-state index contributed by atoms with van der Waals surface area (Å²) < 4.78 is 1.94. The number of aromatic nitrogens is 4. The molecule has 0 N–H and O–H groups in total. The maximum Gasteiger partial charge on any atom is 0.151 e. The van der Waals surface area contributed by atoms with Gasteiger partial charge in [-0.3, -0.25) is 0 Å². The van der Waals surface area contributed by atoms with Gasteiger partial charge in [0.25, 0.3) is 0 Å². The molecule has 4 nitrogen and oxygen atoms in total. The summed E-state index contributed by atoms with van der Waals surface area (Å²) in [5, 5.41) is 11.8. The lowest BCUT2D eigenvalue weighted by Crippen LogP contribution is -2.10. The van der Waals surface area contributed by atoms with E-state index in [1.165, 1.54) is 25.7 Å². The van der Waals surface area contributed by atoms with Crippen molar-refractivity contribution >= 4 is 0 Å². The Morgan fingerprint density at radius 2 is 2.00 bits per heavy atom. The molecule has 86 valence electrons. The van der Waals surface area contributed by atoms with Crippen LogP contribution in [0.2, 0.25) is 0 Å². The lowest BCUT2D eigenvalue weighted by molar-refractivity contribution is 0.454. The fraction of sp³-hybridized carbons (Fsp3) is 0.909. The van der Waals surface area contributed by atoms with Crippen LogP contribution in [0.15, 0.2) is 0 Å². The Labute approximate surface area is 92.1 Å². The number of aryl methyl sites for hydroxylation is 1. The van der Waals surface area contributed by atoms with Gasteiger partial charge in [0.15, 0.2) is 5.82 Å². The van der Waals surface area contributed by atoms with E-state index < -0.39 is 0 Å². The molecule has 0 saturated heterocycles. The highest BCUT2D eigenvalue weighted by Crippen LogP contribution is 2.06. The van der Waals surface area contributed by atoms with Crippen molar-refractivity contribution in [1.29, 1.82) is 0 Å². The van der Waals surface area contributed by atoms with Crippen LogP contribution in [0.25, 0.3) is 0 Å². The predicted molar refractivity (Wildman–Crippen MR) is 60.5 cm³/mol. The molecular weight excluding hydrogens is 188 g/mol. The monoisotopic (exact) mass is 210 g/mol. The summed E-state index contributed by atoms with van der Waals surface area (Å²) in [6, 6.07) is 0. The lowest BCUT2D eigenvalue weighted by atomic mass is 10.1. The number of hydrogen-bond donors (Lipinski definition) is 0. The standard InChI is InChI=1S/C11H22N4/c1-4-5-6-7-8-11-12-13-14-15(11)9-10(2)3/h10H,4-9H2,1-3H3. The van der Waals surface area contributed by atoms with Crippen LogP contribution in [0.5, 0.6) is 0 Å². The van der Waals surface area contributed by atoms with Gasteiger partial charge >= 0.3 is 0 Å². The van der Waals surface area contributed by atoms with Crippen molar-refractivity contribution in [2.24, 2.45) is 5.92 Å².